The average Bonchev–Trinajstić information content (AvgIpc) is 3.12. The summed E-state index contributed by atoms with van der Waals surface area (Å²) in [5, 5.41) is 7.25. The monoisotopic (exact) mass is 399 g/mol. The molecular weight excluding hydrogens is 374 g/mol. The average molecular weight is 400 g/mol. The fourth-order valence-electron chi connectivity index (χ4n) is 3.71. The van der Waals surface area contributed by atoms with Crippen LogP contribution in [-0.2, 0) is 15.4 Å². The van der Waals surface area contributed by atoms with Gasteiger partial charge in [-0.1, -0.05) is 32.9 Å². The minimum atomic E-state index is -3.48. The summed E-state index contributed by atoms with van der Waals surface area (Å²) >= 11 is 0. The third-order valence-electron chi connectivity index (χ3n) is 5.44. The van der Waals surface area contributed by atoms with E-state index >= 15 is 0 Å². The lowest BCUT2D eigenvalue weighted by molar-refractivity contribution is 0.317. The van der Waals surface area contributed by atoms with Crippen LogP contribution in [0.2, 0.25) is 0 Å². The van der Waals surface area contributed by atoms with Gasteiger partial charge >= 0.3 is 0 Å². The van der Waals surface area contributed by atoms with Crippen molar-refractivity contribution in [2.45, 2.75) is 49.8 Å². The quantitative estimate of drug-likeness (QED) is 0.730. The number of rotatable bonds is 3. The Morgan fingerprint density at radius 1 is 1.04 bits per heavy atom. The number of H-pyrrole nitrogens is 1. The maximum Gasteiger partial charge on any atom is 0.243 e. The zero-order chi connectivity index (χ0) is 19.9. The van der Waals surface area contributed by atoms with E-state index in [9.17, 15) is 8.42 Å². The van der Waals surface area contributed by atoms with Gasteiger partial charge in [0.25, 0.3) is 0 Å². The molecule has 1 aliphatic heterocycles. The molecule has 0 spiro atoms. The maximum atomic E-state index is 13.0. The molecule has 0 unspecified atom stereocenters. The van der Waals surface area contributed by atoms with Gasteiger partial charge < -0.3 is 0 Å². The molecule has 0 bridgehead atoms. The second-order valence-corrected chi connectivity index (χ2v) is 10.3. The van der Waals surface area contributed by atoms with E-state index in [1.165, 1.54) is 0 Å². The van der Waals surface area contributed by atoms with Crippen LogP contribution in [0.3, 0.4) is 0 Å². The lowest BCUT2D eigenvalue weighted by Gasteiger charge is -2.30. The van der Waals surface area contributed by atoms with Gasteiger partial charge in [-0.2, -0.15) is 9.40 Å². The fourth-order valence-corrected chi connectivity index (χ4v) is 5.18. The van der Waals surface area contributed by atoms with E-state index in [1.807, 2.05) is 12.1 Å². The van der Waals surface area contributed by atoms with E-state index < -0.39 is 10.0 Å². The summed E-state index contributed by atoms with van der Waals surface area (Å²) < 4.78 is 27.7. The van der Waals surface area contributed by atoms with Crippen molar-refractivity contribution in [3.8, 4) is 0 Å². The summed E-state index contributed by atoms with van der Waals surface area (Å²) in [4.78, 5) is 8.93. The molecule has 1 N–H and O–H groups in total. The van der Waals surface area contributed by atoms with Crippen LogP contribution < -0.4 is 0 Å². The number of hydrogen-bond donors (Lipinski definition) is 1. The first-order valence-corrected chi connectivity index (χ1v) is 11.0. The topological polar surface area (TPSA) is 91.8 Å². The van der Waals surface area contributed by atoms with E-state index in [4.69, 9.17) is 0 Å². The Balaban J connectivity index is 1.49. The van der Waals surface area contributed by atoms with Gasteiger partial charge in [-0.05, 0) is 36.0 Å². The number of fused-ring (bicyclic) bond motifs is 1. The van der Waals surface area contributed by atoms with Crippen LogP contribution in [0.25, 0.3) is 11.2 Å². The van der Waals surface area contributed by atoms with Gasteiger partial charge in [0, 0.05) is 31.4 Å². The van der Waals surface area contributed by atoms with Crippen molar-refractivity contribution in [1.82, 2.24) is 24.5 Å². The molecule has 0 aliphatic carbocycles. The lowest BCUT2D eigenvalue weighted by Crippen LogP contribution is -2.38. The SMILES string of the molecule is CC(C)(C)c1ccc(S(=O)(=O)N2CCC(c3[nH]nc4nccnc34)CC2)cc1. The molecule has 148 valence electrons. The molecular formula is C20H25N5O2S. The van der Waals surface area contributed by atoms with Gasteiger partial charge in [-0.3, -0.25) is 5.10 Å². The molecule has 1 saturated heterocycles. The van der Waals surface area contributed by atoms with E-state index in [0.717, 1.165) is 29.6 Å². The first-order valence-electron chi connectivity index (χ1n) is 9.52. The van der Waals surface area contributed by atoms with E-state index in [2.05, 4.69) is 40.9 Å². The molecule has 1 fully saturated rings. The Morgan fingerprint density at radius 3 is 2.32 bits per heavy atom. The smallest absolute Gasteiger partial charge is 0.243 e. The van der Waals surface area contributed by atoms with E-state index in [0.29, 0.717) is 23.6 Å². The zero-order valence-electron chi connectivity index (χ0n) is 16.4. The highest BCUT2D eigenvalue weighted by atomic mass is 32.2. The molecule has 0 saturated carbocycles. The number of piperidine rings is 1. The number of nitrogens with one attached hydrogen (secondary N) is 1. The minimum Gasteiger partial charge on any atom is -0.278 e. The second kappa shape index (κ2) is 6.93. The first-order chi connectivity index (χ1) is 13.3. The predicted molar refractivity (Wildman–Crippen MR) is 108 cm³/mol. The highest BCUT2D eigenvalue weighted by molar-refractivity contribution is 7.89. The molecule has 3 heterocycles. The summed E-state index contributed by atoms with van der Waals surface area (Å²) in [5.74, 6) is 0.205. The second-order valence-electron chi connectivity index (χ2n) is 8.32. The van der Waals surface area contributed by atoms with Gasteiger partial charge in [-0.15, -0.1) is 0 Å². The van der Waals surface area contributed by atoms with Crippen molar-refractivity contribution < 1.29 is 8.42 Å². The van der Waals surface area contributed by atoms with Crippen LogP contribution in [0.15, 0.2) is 41.6 Å². The normalized spacial score (nSPS) is 17.2. The standard InChI is InChI=1S/C20H25N5O2S/c1-20(2,3)15-4-6-16(7-5-15)28(26,27)25-12-8-14(9-13-25)17-18-19(24-23-17)22-11-10-21-18/h4-7,10-11,14H,8-9,12-13H2,1-3H3,(H,22,23,24). The molecule has 1 aliphatic rings. The van der Waals surface area contributed by atoms with E-state index in [1.54, 1.807) is 28.8 Å². The molecule has 0 atom stereocenters. The molecule has 2 aromatic heterocycles. The summed E-state index contributed by atoms with van der Waals surface area (Å²) in [5.41, 5.74) is 3.45. The number of nitrogens with zero attached hydrogens (tertiary/aromatic N) is 4. The molecule has 0 amide bonds. The highest BCUT2D eigenvalue weighted by Gasteiger charge is 2.31. The molecule has 0 radical (unpaired) electrons. The Morgan fingerprint density at radius 2 is 1.68 bits per heavy atom. The van der Waals surface area contributed by atoms with Crippen LogP contribution in [-0.4, -0.2) is 46.0 Å². The Bertz CT molecular complexity index is 1080. The molecule has 7 nitrogen and oxygen atoms in total. The Labute approximate surface area is 165 Å². The van der Waals surface area contributed by atoms with E-state index in [-0.39, 0.29) is 11.3 Å². The third kappa shape index (κ3) is 3.42. The molecule has 4 rings (SSSR count). The van der Waals surface area contributed by atoms with Crippen molar-refractivity contribution >= 4 is 21.2 Å². The van der Waals surface area contributed by atoms with Crippen LogP contribution >= 0.6 is 0 Å². The van der Waals surface area contributed by atoms with Crippen LogP contribution in [0.1, 0.15) is 50.8 Å². The van der Waals surface area contributed by atoms with Gasteiger partial charge in [0.15, 0.2) is 5.65 Å². The molecule has 28 heavy (non-hydrogen) atoms. The van der Waals surface area contributed by atoms with Crippen molar-refractivity contribution in [3.05, 3.63) is 47.9 Å². The number of hydrogen-bond acceptors (Lipinski definition) is 5. The Kier molecular flexibility index (Phi) is 4.71. The minimum absolute atomic E-state index is 0.00359. The van der Waals surface area contributed by atoms with Crippen molar-refractivity contribution in [1.29, 1.82) is 0 Å². The van der Waals surface area contributed by atoms with Crippen LogP contribution in [0.5, 0.6) is 0 Å². The summed E-state index contributed by atoms with van der Waals surface area (Å²) in [7, 11) is -3.48. The van der Waals surface area contributed by atoms with Crippen molar-refractivity contribution in [3.63, 3.8) is 0 Å². The van der Waals surface area contributed by atoms with Gasteiger partial charge in [0.05, 0.1) is 10.6 Å². The van der Waals surface area contributed by atoms with Crippen LogP contribution in [0, 0.1) is 0 Å². The number of sulfonamides is 1. The van der Waals surface area contributed by atoms with Gasteiger partial charge in [0.1, 0.15) is 5.52 Å². The predicted octanol–water partition coefficient (Wildman–Crippen LogP) is 3.22. The molecule has 1 aromatic carbocycles. The van der Waals surface area contributed by atoms with Crippen molar-refractivity contribution in [2.75, 3.05) is 13.1 Å². The lowest BCUT2D eigenvalue weighted by atomic mass is 9.87. The first kappa shape index (κ1) is 19.0. The number of benzene rings is 1. The number of aromatic nitrogens is 4. The highest BCUT2D eigenvalue weighted by Crippen LogP contribution is 2.32. The summed E-state index contributed by atoms with van der Waals surface area (Å²) in [6.07, 6.45) is 4.73. The summed E-state index contributed by atoms with van der Waals surface area (Å²) in [6, 6.07) is 7.27. The van der Waals surface area contributed by atoms with Crippen molar-refractivity contribution in [2.24, 2.45) is 0 Å². The van der Waals surface area contributed by atoms with Gasteiger partial charge in [-0.25, -0.2) is 18.4 Å². The fraction of sp³-hybridized carbons (Fsp3) is 0.450. The third-order valence-corrected chi connectivity index (χ3v) is 7.35. The number of aromatic amines is 1. The largest absolute Gasteiger partial charge is 0.278 e. The zero-order valence-corrected chi connectivity index (χ0v) is 17.2. The Hall–Kier alpha value is -2.32. The van der Waals surface area contributed by atoms with Crippen LogP contribution in [0.4, 0.5) is 0 Å². The summed E-state index contributed by atoms with van der Waals surface area (Å²) in [6.45, 7) is 7.31. The van der Waals surface area contributed by atoms with Gasteiger partial charge in [0.2, 0.25) is 10.0 Å². The maximum absolute atomic E-state index is 13.0. The molecule has 3 aromatic rings. The molecule has 8 heteroatoms.